The minimum absolute atomic E-state index is 0.378. The summed E-state index contributed by atoms with van der Waals surface area (Å²) >= 11 is 0. The van der Waals surface area contributed by atoms with Crippen molar-refractivity contribution in [1.29, 1.82) is 0 Å². The summed E-state index contributed by atoms with van der Waals surface area (Å²) in [6.45, 7) is 1.46. The van der Waals surface area contributed by atoms with E-state index in [1.165, 1.54) is 0 Å². The molecule has 1 aromatic carbocycles. The van der Waals surface area contributed by atoms with Crippen molar-refractivity contribution in [2.24, 2.45) is 0 Å². The van der Waals surface area contributed by atoms with Crippen molar-refractivity contribution in [2.45, 2.75) is 6.92 Å². The van der Waals surface area contributed by atoms with Crippen LogP contribution < -0.4 is 10.1 Å². The van der Waals surface area contributed by atoms with Gasteiger partial charge in [0, 0.05) is 0 Å². The van der Waals surface area contributed by atoms with Gasteiger partial charge in [0.15, 0.2) is 0 Å². The molecule has 80 valence electrons. The number of carboxylic acid groups (broad SMARTS) is 1. The number of aryl methyl sites for hydroxylation is 1. The minimum Gasteiger partial charge on any atom is -0.480 e. The van der Waals surface area contributed by atoms with Gasteiger partial charge in [-0.25, -0.2) is 4.79 Å². The fourth-order valence-corrected chi connectivity index (χ4v) is 0.897. The van der Waals surface area contributed by atoms with Crippen molar-refractivity contribution in [2.75, 3.05) is 6.54 Å². The van der Waals surface area contributed by atoms with Gasteiger partial charge in [0.05, 0.1) is 0 Å². The van der Waals surface area contributed by atoms with Crippen molar-refractivity contribution in [3.8, 4) is 5.75 Å². The third-order valence-electron chi connectivity index (χ3n) is 1.62. The molecule has 1 aromatic rings. The summed E-state index contributed by atoms with van der Waals surface area (Å²) in [4.78, 5) is 21.1. The Morgan fingerprint density at radius 3 is 2.47 bits per heavy atom. The molecule has 1 amide bonds. The fraction of sp³-hybridized carbons (Fsp3) is 0.200. The zero-order valence-corrected chi connectivity index (χ0v) is 8.19. The molecule has 0 saturated heterocycles. The van der Waals surface area contributed by atoms with Gasteiger partial charge in [-0.15, -0.1) is 0 Å². The number of benzene rings is 1. The van der Waals surface area contributed by atoms with Crippen molar-refractivity contribution >= 4 is 12.1 Å². The third-order valence-corrected chi connectivity index (χ3v) is 1.62. The normalized spacial score (nSPS) is 9.40. The van der Waals surface area contributed by atoms with Crippen LogP contribution in [-0.2, 0) is 4.79 Å². The molecule has 0 spiro atoms. The molecular formula is C10H11NO4. The molecule has 0 radical (unpaired) electrons. The average Bonchev–Trinajstić information content (AvgIpc) is 2.19. The number of ether oxygens (including phenoxy) is 1. The highest BCUT2D eigenvalue weighted by atomic mass is 16.6. The molecule has 2 N–H and O–H groups in total. The molecule has 0 aliphatic carbocycles. The van der Waals surface area contributed by atoms with Gasteiger partial charge in [-0.2, -0.15) is 0 Å². The predicted octanol–water partition coefficient (Wildman–Crippen LogP) is 1.17. The zero-order chi connectivity index (χ0) is 11.3. The van der Waals surface area contributed by atoms with E-state index in [9.17, 15) is 9.59 Å². The molecule has 0 fully saturated rings. The first-order valence-corrected chi connectivity index (χ1v) is 4.32. The van der Waals surface area contributed by atoms with E-state index >= 15 is 0 Å². The van der Waals surface area contributed by atoms with Crippen molar-refractivity contribution in [1.82, 2.24) is 5.32 Å². The van der Waals surface area contributed by atoms with Gasteiger partial charge in [-0.1, -0.05) is 17.7 Å². The van der Waals surface area contributed by atoms with Crippen LogP contribution >= 0.6 is 0 Å². The van der Waals surface area contributed by atoms with E-state index < -0.39 is 18.6 Å². The van der Waals surface area contributed by atoms with Crippen LogP contribution in [0.5, 0.6) is 5.75 Å². The quantitative estimate of drug-likeness (QED) is 0.783. The first kappa shape index (κ1) is 11.0. The highest BCUT2D eigenvalue weighted by molar-refractivity contribution is 5.77. The number of carbonyl (C=O) groups excluding carboxylic acids is 1. The maximum Gasteiger partial charge on any atom is 0.413 e. The van der Waals surface area contributed by atoms with Crippen LogP contribution in [0.15, 0.2) is 24.3 Å². The van der Waals surface area contributed by atoms with Crippen molar-refractivity contribution < 1.29 is 19.4 Å². The molecule has 0 bridgehead atoms. The molecule has 5 nitrogen and oxygen atoms in total. The molecule has 0 aromatic heterocycles. The molecule has 15 heavy (non-hydrogen) atoms. The van der Waals surface area contributed by atoms with Crippen LogP contribution in [0.1, 0.15) is 5.56 Å². The Bertz CT molecular complexity index is 358. The van der Waals surface area contributed by atoms with Crippen LogP contribution in [0, 0.1) is 6.92 Å². The van der Waals surface area contributed by atoms with Gasteiger partial charge in [0.25, 0.3) is 0 Å². The Labute approximate surface area is 86.7 Å². The standard InChI is InChI=1S/C10H11NO4/c1-7-2-4-8(5-3-7)15-10(14)11-6-9(12)13/h2-5H,6H2,1H3,(H,11,14)(H,12,13). The second-order valence-corrected chi connectivity index (χ2v) is 2.95. The lowest BCUT2D eigenvalue weighted by Gasteiger charge is -2.04. The van der Waals surface area contributed by atoms with E-state index in [1.54, 1.807) is 24.3 Å². The Hall–Kier alpha value is -2.04. The lowest BCUT2D eigenvalue weighted by molar-refractivity contribution is -0.135. The third kappa shape index (κ3) is 4.12. The Balaban J connectivity index is 2.44. The lowest BCUT2D eigenvalue weighted by Crippen LogP contribution is -2.31. The first-order chi connectivity index (χ1) is 7.08. The van der Waals surface area contributed by atoms with Gasteiger partial charge in [0.2, 0.25) is 0 Å². The summed E-state index contributed by atoms with van der Waals surface area (Å²) in [5.74, 6) is -0.737. The van der Waals surface area contributed by atoms with Gasteiger partial charge in [0.1, 0.15) is 12.3 Å². The van der Waals surface area contributed by atoms with E-state index in [0.29, 0.717) is 5.75 Å². The van der Waals surface area contributed by atoms with E-state index in [-0.39, 0.29) is 0 Å². The molecular weight excluding hydrogens is 198 g/mol. The zero-order valence-electron chi connectivity index (χ0n) is 8.19. The molecule has 0 aliphatic rings. The van der Waals surface area contributed by atoms with Gasteiger partial charge >= 0.3 is 12.1 Å². The summed E-state index contributed by atoms with van der Waals surface area (Å²) in [6, 6.07) is 6.85. The second kappa shape index (κ2) is 4.99. The summed E-state index contributed by atoms with van der Waals surface area (Å²) < 4.78 is 4.81. The van der Waals surface area contributed by atoms with E-state index in [2.05, 4.69) is 5.32 Å². The smallest absolute Gasteiger partial charge is 0.413 e. The molecule has 0 aliphatic heterocycles. The highest BCUT2D eigenvalue weighted by Crippen LogP contribution is 2.11. The Kier molecular flexibility index (Phi) is 3.68. The van der Waals surface area contributed by atoms with Gasteiger partial charge < -0.3 is 15.2 Å². The molecule has 0 saturated carbocycles. The first-order valence-electron chi connectivity index (χ1n) is 4.32. The number of carboxylic acids is 1. The van der Waals surface area contributed by atoms with Crippen LogP contribution in [0.25, 0.3) is 0 Å². The Morgan fingerprint density at radius 2 is 1.93 bits per heavy atom. The monoisotopic (exact) mass is 209 g/mol. The van der Waals surface area contributed by atoms with Crippen LogP contribution in [0.2, 0.25) is 0 Å². The number of aliphatic carboxylic acids is 1. The summed E-state index contributed by atoms with van der Waals surface area (Å²) in [5, 5.41) is 10.4. The highest BCUT2D eigenvalue weighted by Gasteiger charge is 2.05. The average molecular weight is 209 g/mol. The van der Waals surface area contributed by atoms with Crippen molar-refractivity contribution in [3.05, 3.63) is 29.8 Å². The molecule has 0 unspecified atom stereocenters. The summed E-state index contributed by atoms with van der Waals surface area (Å²) in [6.07, 6.45) is -0.777. The maximum absolute atomic E-state index is 11.0. The number of hydrogen-bond donors (Lipinski definition) is 2. The van der Waals surface area contributed by atoms with Gasteiger partial charge in [-0.05, 0) is 19.1 Å². The van der Waals surface area contributed by atoms with Crippen molar-refractivity contribution in [3.63, 3.8) is 0 Å². The number of hydrogen-bond acceptors (Lipinski definition) is 3. The number of amides is 1. The molecule has 0 heterocycles. The summed E-state index contributed by atoms with van der Waals surface area (Å²) in [7, 11) is 0. The molecule has 5 heteroatoms. The Morgan fingerprint density at radius 1 is 1.33 bits per heavy atom. The summed E-state index contributed by atoms with van der Waals surface area (Å²) in [5.41, 5.74) is 1.05. The van der Waals surface area contributed by atoms with E-state index in [4.69, 9.17) is 9.84 Å². The topological polar surface area (TPSA) is 75.6 Å². The van der Waals surface area contributed by atoms with Crippen LogP contribution in [0.4, 0.5) is 4.79 Å². The molecule has 0 atom stereocenters. The van der Waals surface area contributed by atoms with Crippen LogP contribution in [0.3, 0.4) is 0 Å². The lowest BCUT2D eigenvalue weighted by atomic mass is 10.2. The predicted molar refractivity (Wildman–Crippen MR) is 52.8 cm³/mol. The molecule has 1 rings (SSSR count). The second-order valence-electron chi connectivity index (χ2n) is 2.95. The van der Waals surface area contributed by atoms with Gasteiger partial charge in [-0.3, -0.25) is 4.79 Å². The van der Waals surface area contributed by atoms with Crippen LogP contribution in [-0.4, -0.2) is 23.7 Å². The fourth-order valence-electron chi connectivity index (χ4n) is 0.897. The van der Waals surface area contributed by atoms with E-state index in [0.717, 1.165) is 5.56 Å². The minimum atomic E-state index is -1.11. The maximum atomic E-state index is 11.0. The SMILES string of the molecule is Cc1ccc(OC(=O)NCC(=O)O)cc1. The largest absolute Gasteiger partial charge is 0.480 e. The number of rotatable bonds is 3. The van der Waals surface area contributed by atoms with E-state index in [1.807, 2.05) is 6.92 Å². The number of nitrogens with one attached hydrogen (secondary N) is 1. The number of carbonyl (C=O) groups is 2.